The summed E-state index contributed by atoms with van der Waals surface area (Å²) in [7, 11) is 1.67. The van der Waals surface area contributed by atoms with Gasteiger partial charge in [-0.2, -0.15) is 0 Å². The Morgan fingerprint density at radius 1 is 0.643 bits per heavy atom. The molecule has 3 heteroatoms. The van der Waals surface area contributed by atoms with E-state index >= 15 is 0 Å². The molecule has 0 radical (unpaired) electrons. The number of aliphatic hydroxyl groups is 2. The molecule has 28 heavy (non-hydrogen) atoms. The average Bonchev–Trinajstić information content (AvgIpc) is 2.77. The molecular weight excluding hydrogens is 348 g/mol. The second-order valence-electron chi connectivity index (χ2n) is 6.47. The van der Waals surface area contributed by atoms with Gasteiger partial charge in [-0.15, -0.1) is 0 Å². The highest BCUT2D eigenvalue weighted by molar-refractivity contribution is 5.76. The van der Waals surface area contributed by atoms with Crippen molar-refractivity contribution in [1.29, 1.82) is 0 Å². The van der Waals surface area contributed by atoms with E-state index in [-0.39, 0.29) is 13.2 Å². The van der Waals surface area contributed by atoms with Gasteiger partial charge in [-0.1, -0.05) is 85.0 Å². The van der Waals surface area contributed by atoms with Crippen molar-refractivity contribution in [3.05, 3.63) is 100 Å². The molecule has 2 N–H and O–H groups in total. The normalized spacial score (nSPS) is 11.4. The standard InChI is InChI=1S/C25H24O3/c1-28-25-16-21(7-2-19-3-8-22(17-26)9-4-19)13-15-24(25)14-12-20-5-10-23(18-27)11-6-20/h2-16,26-27H,17-18H2,1H3/b7-2+,14-12+. The number of rotatable bonds is 7. The second kappa shape index (κ2) is 9.70. The fraction of sp³-hybridized carbons (Fsp3) is 0.120. The molecule has 3 aromatic carbocycles. The molecule has 0 fully saturated rings. The maximum absolute atomic E-state index is 9.12. The van der Waals surface area contributed by atoms with Crippen LogP contribution in [0.3, 0.4) is 0 Å². The Morgan fingerprint density at radius 2 is 1.11 bits per heavy atom. The smallest absolute Gasteiger partial charge is 0.126 e. The van der Waals surface area contributed by atoms with Gasteiger partial charge in [0.25, 0.3) is 0 Å². The predicted octanol–water partition coefficient (Wildman–Crippen LogP) is 5.02. The summed E-state index contributed by atoms with van der Waals surface area (Å²) in [6.45, 7) is 0.111. The minimum Gasteiger partial charge on any atom is -0.496 e. The molecular formula is C25H24O3. The highest BCUT2D eigenvalue weighted by Crippen LogP contribution is 2.24. The summed E-state index contributed by atoms with van der Waals surface area (Å²) in [5, 5.41) is 18.2. The molecule has 0 atom stereocenters. The molecule has 3 rings (SSSR count). The lowest BCUT2D eigenvalue weighted by Gasteiger charge is -2.06. The van der Waals surface area contributed by atoms with E-state index in [0.717, 1.165) is 39.1 Å². The van der Waals surface area contributed by atoms with Crippen molar-refractivity contribution in [2.45, 2.75) is 13.2 Å². The third-order valence-electron chi connectivity index (χ3n) is 4.51. The maximum atomic E-state index is 9.12. The molecule has 0 aliphatic carbocycles. The van der Waals surface area contributed by atoms with Gasteiger partial charge in [-0.05, 0) is 33.9 Å². The van der Waals surface area contributed by atoms with Crippen molar-refractivity contribution in [2.75, 3.05) is 7.11 Å². The van der Waals surface area contributed by atoms with Gasteiger partial charge >= 0.3 is 0 Å². The molecule has 0 aliphatic rings. The fourth-order valence-electron chi connectivity index (χ4n) is 2.82. The monoisotopic (exact) mass is 372 g/mol. The highest BCUT2D eigenvalue weighted by atomic mass is 16.5. The van der Waals surface area contributed by atoms with Gasteiger partial charge in [0.15, 0.2) is 0 Å². The maximum Gasteiger partial charge on any atom is 0.126 e. The van der Waals surface area contributed by atoms with Gasteiger partial charge in [-0.25, -0.2) is 0 Å². The summed E-state index contributed by atoms with van der Waals surface area (Å²) in [4.78, 5) is 0. The Balaban J connectivity index is 1.75. The van der Waals surface area contributed by atoms with Crippen molar-refractivity contribution >= 4 is 24.3 Å². The minimum absolute atomic E-state index is 0.0539. The topological polar surface area (TPSA) is 49.7 Å². The number of methoxy groups -OCH3 is 1. The Morgan fingerprint density at radius 3 is 1.61 bits per heavy atom. The van der Waals surface area contributed by atoms with Crippen LogP contribution in [0.2, 0.25) is 0 Å². The van der Waals surface area contributed by atoms with Gasteiger partial charge in [0.05, 0.1) is 20.3 Å². The Bertz CT molecular complexity index is 952. The van der Waals surface area contributed by atoms with E-state index in [1.807, 2.05) is 85.0 Å². The van der Waals surface area contributed by atoms with Gasteiger partial charge < -0.3 is 14.9 Å². The first-order valence-electron chi connectivity index (χ1n) is 9.15. The summed E-state index contributed by atoms with van der Waals surface area (Å²) in [5.41, 5.74) is 5.99. The first kappa shape index (κ1) is 19.6. The number of hydrogen-bond donors (Lipinski definition) is 2. The van der Waals surface area contributed by atoms with Gasteiger partial charge in [0, 0.05) is 5.56 Å². The summed E-state index contributed by atoms with van der Waals surface area (Å²) in [6.07, 6.45) is 8.12. The molecule has 0 aliphatic heterocycles. The van der Waals surface area contributed by atoms with Crippen LogP contribution in [0.5, 0.6) is 5.75 Å². The zero-order chi connectivity index (χ0) is 19.8. The summed E-state index contributed by atoms with van der Waals surface area (Å²) < 4.78 is 5.55. The quantitative estimate of drug-likeness (QED) is 0.573. The lowest BCUT2D eigenvalue weighted by molar-refractivity contribution is 0.281. The van der Waals surface area contributed by atoms with Crippen LogP contribution in [0.1, 0.15) is 33.4 Å². The van der Waals surface area contributed by atoms with Crippen LogP contribution in [0, 0.1) is 0 Å². The van der Waals surface area contributed by atoms with E-state index in [0.29, 0.717) is 0 Å². The van der Waals surface area contributed by atoms with Crippen LogP contribution in [0.25, 0.3) is 24.3 Å². The third kappa shape index (κ3) is 5.19. The SMILES string of the molecule is COc1cc(/C=C/c2ccc(CO)cc2)ccc1/C=C/c1ccc(CO)cc1. The van der Waals surface area contributed by atoms with E-state index in [4.69, 9.17) is 14.9 Å². The Kier molecular flexibility index (Phi) is 6.79. The van der Waals surface area contributed by atoms with Crippen molar-refractivity contribution in [2.24, 2.45) is 0 Å². The van der Waals surface area contributed by atoms with Crippen LogP contribution < -0.4 is 4.74 Å². The minimum atomic E-state index is 0.0539. The van der Waals surface area contributed by atoms with E-state index in [9.17, 15) is 0 Å². The van der Waals surface area contributed by atoms with E-state index in [1.165, 1.54) is 0 Å². The molecule has 0 saturated carbocycles. The average molecular weight is 372 g/mol. The zero-order valence-corrected chi connectivity index (χ0v) is 15.9. The predicted molar refractivity (Wildman–Crippen MR) is 116 cm³/mol. The summed E-state index contributed by atoms with van der Waals surface area (Å²) >= 11 is 0. The molecule has 3 nitrogen and oxygen atoms in total. The first-order chi connectivity index (χ1) is 13.7. The Hall–Kier alpha value is -3.14. The number of ether oxygens (including phenoxy) is 1. The van der Waals surface area contributed by atoms with Crippen LogP contribution in [-0.4, -0.2) is 17.3 Å². The molecule has 0 amide bonds. The molecule has 0 heterocycles. The number of aliphatic hydroxyl groups excluding tert-OH is 2. The largest absolute Gasteiger partial charge is 0.496 e. The molecule has 142 valence electrons. The van der Waals surface area contributed by atoms with Crippen LogP contribution in [0.15, 0.2) is 66.7 Å². The van der Waals surface area contributed by atoms with Crippen LogP contribution in [0.4, 0.5) is 0 Å². The molecule has 0 bridgehead atoms. The first-order valence-corrected chi connectivity index (χ1v) is 9.15. The molecule has 0 aromatic heterocycles. The molecule has 0 unspecified atom stereocenters. The lowest BCUT2D eigenvalue weighted by atomic mass is 10.1. The fourth-order valence-corrected chi connectivity index (χ4v) is 2.82. The third-order valence-corrected chi connectivity index (χ3v) is 4.51. The van der Waals surface area contributed by atoms with Crippen molar-refractivity contribution in [3.8, 4) is 5.75 Å². The van der Waals surface area contributed by atoms with Crippen molar-refractivity contribution < 1.29 is 14.9 Å². The zero-order valence-electron chi connectivity index (χ0n) is 15.9. The molecule has 0 spiro atoms. The van der Waals surface area contributed by atoms with Crippen molar-refractivity contribution in [3.63, 3.8) is 0 Å². The Labute approximate surface area is 165 Å². The molecule has 0 saturated heterocycles. The highest BCUT2D eigenvalue weighted by Gasteiger charge is 2.01. The second-order valence-corrected chi connectivity index (χ2v) is 6.47. The van der Waals surface area contributed by atoms with Gasteiger partial charge in [0.2, 0.25) is 0 Å². The van der Waals surface area contributed by atoms with Crippen molar-refractivity contribution in [1.82, 2.24) is 0 Å². The van der Waals surface area contributed by atoms with Gasteiger partial charge in [0.1, 0.15) is 5.75 Å². The summed E-state index contributed by atoms with van der Waals surface area (Å²) in [5.74, 6) is 0.806. The van der Waals surface area contributed by atoms with E-state index < -0.39 is 0 Å². The lowest BCUT2D eigenvalue weighted by Crippen LogP contribution is -1.88. The summed E-state index contributed by atoms with van der Waals surface area (Å²) in [6, 6.07) is 21.7. The number of benzene rings is 3. The van der Waals surface area contributed by atoms with Gasteiger partial charge in [-0.3, -0.25) is 0 Å². The van der Waals surface area contributed by atoms with E-state index in [2.05, 4.69) is 6.07 Å². The van der Waals surface area contributed by atoms with E-state index in [1.54, 1.807) is 7.11 Å². The van der Waals surface area contributed by atoms with Crippen LogP contribution >= 0.6 is 0 Å². The number of hydrogen-bond acceptors (Lipinski definition) is 3. The van der Waals surface area contributed by atoms with Crippen LogP contribution in [-0.2, 0) is 13.2 Å². The molecule has 3 aromatic rings.